The van der Waals surface area contributed by atoms with E-state index < -0.39 is 23.3 Å². The van der Waals surface area contributed by atoms with Crippen LogP contribution in [0.1, 0.15) is 27.3 Å². The van der Waals surface area contributed by atoms with Crippen molar-refractivity contribution in [3.05, 3.63) is 58.6 Å². The third-order valence-corrected chi connectivity index (χ3v) is 6.20. The minimum atomic E-state index is -4.66. The topological polar surface area (TPSA) is 133 Å². The van der Waals surface area contributed by atoms with E-state index in [0.29, 0.717) is 35.9 Å². The maximum Gasteiger partial charge on any atom is 0.445 e. The van der Waals surface area contributed by atoms with Gasteiger partial charge in [0, 0.05) is 24.0 Å². The zero-order valence-electron chi connectivity index (χ0n) is 19.4. The molecule has 4 N–H and O–H groups in total. The van der Waals surface area contributed by atoms with Crippen molar-refractivity contribution in [3.8, 4) is 0 Å². The first-order chi connectivity index (χ1) is 17.5. The number of carbonyl (C=O) groups is 1. The molecule has 1 aromatic heterocycles. The molecular weight excluding hydrogens is 514 g/mol. The van der Waals surface area contributed by atoms with E-state index in [0.717, 1.165) is 0 Å². The van der Waals surface area contributed by atoms with Crippen molar-refractivity contribution in [3.63, 3.8) is 0 Å². The van der Waals surface area contributed by atoms with E-state index in [2.05, 4.69) is 42.4 Å². The first-order valence-electron chi connectivity index (χ1n) is 10.9. The molecule has 1 fully saturated rings. The normalized spacial score (nSPS) is 20.1. The van der Waals surface area contributed by atoms with Crippen LogP contribution in [0, 0.1) is 6.92 Å². The molecule has 3 heterocycles. The van der Waals surface area contributed by atoms with Crippen LogP contribution in [-0.4, -0.2) is 58.2 Å². The number of likely N-dealkylation sites (tertiary alicyclic amines) is 1. The monoisotopic (exact) mass is 535 g/mol. The highest BCUT2D eigenvalue weighted by molar-refractivity contribution is 7.15. The van der Waals surface area contributed by atoms with E-state index >= 15 is 0 Å². The molecule has 37 heavy (non-hydrogen) atoms. The number of alkyl halides is 4. The van der Waals surface area contributed by atoms with Crippen LogP contribution in [0.3, 0.4) is 0 Å². The average molecular weight is 536 g/mol. The van der Waals surface area contributed by atoms with E-state index in [1.807, 2.05) is 0 Å². The number of allylic oxidation sites excluding steroid dienone is 1. The van der Waals surface area contributed by atoms with Gasteiger partial charge in [-0.3, -0.25) is 15.1 Å². The molecule has 0 saturated carbocycles. The molecule has 1 saturated heterocycles. The van der Waals surface area contributed by atoms with Gasteiger partial charge in [-0.2, -0.15) is 13.2 Å². The molecule has 1 atom stereocenters. The van der Waals surface area contributed by atoms with Crippen molar-refractivity contribution < 1.29 is 22.4 Å². The summed E-state index contributed by atoms with van der Waals surface area (Å²) in [6.07, 6.45) is -2.50. The summed E-state index contributed by atoms with van der Waals surface area (Å²) in [5.74, 6) is -0.309. The summed E-state index contributed by atoms with van der Waals surface area (Å²) in [5, 5.41) is 10.3. The molecule has 1 amide bonds. The van der Waals surface area contributed by atoms with Gasteiger partial charge in [0.05, 0.1) is 12.8 Å². The number of anilines is 2. The van der Waals surface area contributed by atoms with Crippen LogP contribution in [0.4, 0.5) is 28.4 Å². The number of nitrogens with two attached hydrogens (primary N) is 1. The Morgan fingerprint density at radius 3 is 2.76 bits per heavy atom. The predicted molar refractivity (Wildman–Crippen MR) is 134 cm³/mol. The number of hydrogen-bond acceptors (Lipinski definition) is 10. The number of aliphatic imine (C=N–C) groups is 3. The van der Waals surface area contributed by atoms with Gasteiger partial charge in [-0.05, 0) is 31.0 Å². The van der Waals surface area contributed by atoms with Gasteiger partial charge in [-0.15, -0.1) is 10.2 Å². The molecule has 0 radical (unpaired) electrons. The highest BCUT2D eigenvalue weighted by atomic mass is 32.1. The third kappa shape index (κ3) is 5.99. The Kier molecular flexibility index (Phi) is 7.33. The molecular formula is C22H21F4N9OS. The summed E-state index contributed by atoms with van der Waals surface area (Å²) < 4.78 is 52.0. The summed E-state index contributed by atoms with van der Waals surface area (Å²) in [5.41, 5.74) is 8.17. The largest absolute Gasteiger partial charge is 0.445 e. The van der Waals surface area contributed by atoms with Gasteiger partial charge in [0.1, 0.15) is 23.4 Å². The molecule has 1 aromatic carbocycles. The average Bonchev–Trinajstić information content (AvgIpc) is 3.50. The molecule has 2 aliphatic rings. The molecule has 10 nitrogen and oxygen atoms in total. The highest BCUT2D eigenvalue weighted by Crippen LogP contribution is 2.33. The number of nitrogens with one attached hydrogen (secondary N) is 2. The molecule has 0 aliphatic carbocycles. The number of hydrogen-bond donors (Lipinski definition) is 3. The van der Waals surface area contributed by atoms with Crippen LogP contribution >= 0.6 is 11.3 Å². The fourth-order valence-electron chi connectivity index (χ4n) is 3.47. The Morgan fingerprint density at radius 1 is 1.32 bits per heavy atom. The number of nitrogens with zero attached hydrogens (tertiary/aromatic N) is 6. The fraction of sp³-hybridized carbons (Fsp3) is 0.273. The fourth-order valence-corrected chi connectivity index (χ4v) is 4.07. The maximum absolute atomic E-state index is 13.7. The lowest BCUT2D eigenvalue weighted by molar-refractivity contribution is -0.138. The standard InChI is InChI=1S/C22H21F4N9OS/c1-3-28-15-9-29-20(35-7-6-13(23)10-35)31-16(15)17(27)30-14-8-12(5-4-11(14)2)18(36)32-21-34-33-19(37-21)22(24,25)26/h3-5,8-9,13,30H,1,6-7,10,27H2,2H3,(H,32,34,36)/b17-16-,28-15-/t13-/m0/s1. The second kappa shape index (κ2) is 10.5. The van der Waals surface area contributed by atoms with Crippen LogP contribution in [0.2, 0.25) is 0 Å². The summed E-state index contributed by atoms with van der Waals surface area (Å²) in [7, 11) is 0. The lowest BCUT2D eigenvalue weighted by atomic mass is 10.1. The molecule has 15 heteroatoms. The Labute approximate surface area is 212 Å². The lowest BCUT2D eigenvalue weighted by Gasteiger charge is -2.21. The number of amides is 1. The molecule has 0 unspecified atom stereocenters. The maximum atomic E-state index is 13.7. The lowest BCUT2D eigenvalue weighted by Crippen LogP contribution is -2.32. The van der Waals surface area contributed by atoms with Crippen molar-refractivity contribution in [2.45, 2.75) is 25.7 Å². The first kappa shape index (κ1) is 25.9. The first-order valence-corrected chi connectivity index (χ1v) is 11.7. The van der Waals surface area contributed by atoms with Gasteiger partial charge in [0.25, 0.3) is 5.91 Å². The number of guanidine groups is 1. The van der Waals surface area contributed by atoms with Crippen LogP contribution in [0.15, 0.2) is 57.5 Å². The van der Waals surface area contributed by atoms with Crippen molar-refractivity contribution in [1.29, 1.82) is 0 Å². The highest BCUT2D eigenvalue weighted by Gasteiger charge is 2.36. The zero-order chi connectivity index (χ0) is 26.7. The van der Waals surface area contributed by atoms with Crippen molar-refractivity contribution in [1.82, 2.24) is 15.1 Å². The van der Waals surface area contributed by atoms with E-state index in [1.54, 1.807) is 17.9 Å². The summed E-state index contributed by atoms with van der Waals surface area (Å²) in [6, 6.07) is 4.61. The van der Waals surface area contributed by atoms with Crippen LogP contribution in [0.25, 0.3) is 0 Å². The van der Waals surface area contributed by atoms with Crippen molar-refractivity contribution >= 4 is 45.9 Å². The third-order valence-electron chi connectivity index (χ3n) is 5.31. The van der Waals surface area contributed by atoms with Gasteiger partial charge in [-0.1, -0.05) is 24.0 Å². The van der Waals surface area contributed by atoms with E-state index in [9.17, 15) is 22.4 Å². The number of rotatable bonds is 5. The minimum Gasteiger partial charge on any atom is -0.383 e. The zero-order valence-corrected chi connectivity index (χ0v) is 20.2. The van der Waals surface area contributed by atoms with Gasteiger partial charge >= 0.3 is 6.18 Å². The molecule has 0 spiro atoms. The molecule has 194 valence electrons. The number of carbonyl (C=O) groups excluding carboxylic acids is 1. The smallest absolute Gasteiger partial charge is 0.383 e. The summed E-state index contributed by atoms with van der Waals surface area (Å²) in [6.45, 7) is 5.97. The number of halogens is 4. The van der Waals surface area contributed by atoms with E-state index in [-0.39, 0.29) is 40.1 Å². The van der Waals surface area contributed by atoms with Crippen LogP contribution in [0.5, 0.6) is 0 Å². The van der Waals surface area contributed by atoms with Crippen LogP contribution < -0.4 is 16.4 Å². The second-order valence-electron chi connectivity index (χ2n) is 7.98. The number of aromatic nitrogens is 2. The Morgan fingerprint density at radius 2 is 2.11 bits per heavy atom. The number of aryl methyl sites for hydroxylation is 1. The molecule has 2 aromatic rings. The van der Waals surface area contributed by atoms with Crippen LogP contribution in [-0.2, 0) is 6.18 Å². The van der Waals surface area contributed by atoms with Crippen molar-refractivity contribution in [2.75, 3.05) is 23.7 Å². The SMILES string of the molecule is C=C/N=C1/C=NC(N2CC[C@H](F)C2)=N/C1=C(/N)Nc1cc(C(=O)Nc2nnc(C(F)(F)F)s2)ccc1C. The molecule has 0 bridgehead atoms. The second-order valence-corrected chi connectivity index (χ2v) is 8.96. The van der Waals surface area contributed by atoms with Gasteiger partial charge in [0.15, 0.2) is 0 Å². The Balaban J connectivity index is 1.58. The van der Waals surface area contributed by atoms with Gasteiger partial charge < -0.3 is 16.0 Å². The summed E-state index contributed by atoms with van der Waals surface area (Å²) >= 11 is 0.217. The van der Waals surface area contributed by atoms with Gasteiger partial charge in [0.2, 0.25) is 16.1 Å². The van der Waals surface area contributed by atoms with Gasteiger partial charge in [-0.25, -0.2) is 14.4 Å². The summed E-state index contributed by atoms with van der Waals surface area (Å²) in [4.78, 5) is 27.2. The minimum absolute atomic E-state index is 0.0832. The van der Waals surface area contributed by atoms with E-state index in [4.69, 9.17) is 5.73 Å². The van der Waals surface area contributed by atoms with Crippen molar-refractivity contribution in [2.24, 2.45) is 20.7 Å². The molecule has 4 rings (SSSR count). The number of benzene rings is 1. The molecule has 2 aliphatic heterocycles. The Bertz CT molecular complexity index is 1350. The quantitative estimate of drug-likeness (QED) is 0.500. The predicted octanol–water partition coefficient (Wildman–Crippen LogP) is 3.73. The Hall–Kier alpha value is -4.14. The van der Waals surface area contributed by atoms with E-state index in [1.165, 1.54) is 24.5 Å².